The lowest BCUT2D eigenvalue weighted by molar-refractivity contribution is -0.499. The van der Waals surface area contributed by atoms with Crippen LogP contribution in [0.25, 0.3) is 0 Å². The summed E-state index contributed by atoms with van der Waals surface area (Å²) < 4.78 is 191. The average Bonchev–Trinajstić information content (AvgIpc) is 2.39. The third-order valence-corrected chi connectivity index (χ3v) is 5.14. The molecule has 0 heterocycles. The number of hydrogen-bond donors (Lipinski definition) is 0. The van der Waals surface area contributed by atoms with Crippen molar-refractivity contribution < 1.29 is 61.5 Å². The minimum absolute atomic E-state index is 0.364. The summed E-state index contributed by atoms with van der Waals surface area (Å²) in [6.45, 7) is -0.727. The van der Waals surface area contributed by atoms with Crippen molar-refractivity contribution in [2.45, 2.75) is 55.3 Å². The van der Waals surface area contributed by atoms with E-state index in [1.807, 2.05) is 0 Å². The second-order valence-electron chi connectivity index (χ2n) is 6.84. The Labute approximate surface area is 135 Å². The SMILES string of the molecule is CC1(C)C2C(C(F)(F)C(F)(F)C1(F)F)C(F)(F)C(F)(F)C(F)(F)C2(F)F. The van der Waals surface area contributed by atoms with Gasteiger partial charge in [0.25, 0.3) is 0 Å². The first-order valence-corrected chi connectivity index (χ1v) is 6.63. The van der Waals surface area contributed by atoms with Crippen molar-refractivity contribution in [3.63, 3.8) is 0 Å². The van der Waals surface area contributed by atoms with Crippen molar-refractivity contribution in [1.82, 2.24) is 0 Å². The summed E-state index contributed by atoms with van der Waals surface area (Å²) in [5.41, 5.74) is -4.34. The summed E-state index contributed by atoms with van der Waals surface area (Å²) in [5.74, 6) is -57.4. The van der Waals surface area contributed by atoms with Gasteiger partial charge in [0.2, 0.25) is 0 Å². The van der Waals surface area contributed by atoms with Crippen LogP contribution in [-0.2, 0) is 0 Å². The van der Waals surface area contributed by atoms with Crippen molar-refractivity contribution in [3.05, 3.63) is 0 Å². The van der Waals surface area contributed by atoms with E-state index in [2.05, 4.69) is 0 Å². The van der Waals surface area contributed by atoms with Gasteiger partial charge in [-0.2, -0.15) is 61.5 Å². The van der Waals surface area contributed by atoms with E-state index in [1.165, 1.54) is 0 Å². The molecule has 154 valence electrons. The molecule has 2 aliphatic carbocycles. The zero-order valence-corrected chi connectivity index (χ0v) is 12.4. The fourth-order valence-corrected chi connectivity index (χ4v) is 3.54. The topological polar surface area (TPSA) is 0 Å². The largest absolute Gasteiger partial charge is 0.378 e. The predicted molar refractivity (Wildman–Crippen MR) is 55.4 cm³/mol. The molecule has 2 aliphatic rings. The molecule has 0 N–H and O–H groups in total. The number of hydrogen-bond acceptors (Lipinski definition) is 0. The van der Waals surface area contributed by atoms with E-state index >= 15 is 0 Å². The second kappa shape index (κ2) is 4.53. The third kappa shape index (κ3) is 1.70. The molecule has 2 fully saturated rings. The normalized spacial score (nSPS) is 39.7. The Morgan fingerprint density at radius 1 is 0.385 bits per heavy atom. The summed E-state index contributed by atoms with van der Waals surface area (Å²) in [5, 5.41) is 0. The monoisotopic (exact) mass is 418 g/mol. The van der Waals surface area contributed by atoms with Crippen LogP contribution < -0.4 is 0 Å². The van der Waals surface area contributed by atoms with Crippen LogP contribution in [-0.4, -0.2) is 41.5 Å². The Kier molecular flexibility index (Phi) is 3.71. The van der Waals surface area contributed by atoms with E-state index in [0.717, 1.165) is 0 Å². The highest BCUT2D eigenvalue weighted by Gasteiger charge is 2.99. The van der Waals surface area contributed by atoms with Crippen LogP contribution in [0.5, 0.6) is 0 Å². The molecule has 0 aromatic carbocycles. The highest BCUT2D eigenvalue weighted by molar-refractivity contribution is 5.27. The molecular formula is C12H8F14. The summed E-state index contributed by atoms with van der Waals surface area (Å²) in [6.07, 6.45) is 0. The molecule has 2 atom stereocenters. The van der Waals surface area contributed by atoms with Gasteiger partial charge >= 0.3 is 41.5 Å². The quantitative estimate of drug-likeness (QED) is 0.442. The maximum absolute atomic E-state index is 13.9. The van der Waals surface area contributed by atoms with Gasteiger partial charge in [-0.1, -0.05) is 13.8 Å². The average molecular weight is 418 g/mol. The maximum atomic E-state index is 13.9. The van der Waals surface area contributed by atoms with Crippen molar-refractivity contribution in [3.8, 4) is 0 Å². The minimum atomic E-state index is -7.22. The lowest BCUT2D eigenvalue weighted by atomic mass is 9.50. The van der Waals surface area contributed by atoms with Gasteiger partial charge in [0.1, 0.15) is 5.92 Å². The highest BCUT2D eigenvalue weighted by Crippen LogP contribution is 2.76. The fraction of sp³-hybridized carbons (Fsp3) is 1.00. The fourth-order valence-electron chi connectivity index (χ4n) is 3.54. The standard InChI is InChI=1S/C12H8F14/c1-5(2)3-4(7(15,16)10(21,22)9(5,19)20)8(17,18)12(25,26)11(23,24)6(3,13)14/h3-4H,1-2H3. The molecule has 0 radical (unpaired) electrons. The summed E-state index contributed by atoms with van der Waals surface area (Å²) in [4.78, 5) is 0. The maximum Gasteiger partial charge on any atom is 0.378 e. The Morgan fingerprint density at radius 3 is 0.923 bits per heavy atom. The van der Waals surface area contributed by atoms with Gasteiger partial charge in [-0.3, -0.25) is 0 Å². The van der Waals surface area contributed by atoms with Gasteiger partial charge < -0.3 is 0 Å². The molecule has 0 spiro atoms. The molecule has 0 bridgehead atoms. The predicted octanol–water partition coefficient (Wildman–Crippen LogP) is 5.72. The molecular weight excluding hydrogens is 410 g/mol. The van der Waals surface area contributed by atoms with Crippen molar-refractivity contribution in [1.29, 1.82) is 0 Å². The number of fused-ring (bicyclic) bond motifs is 1. The number of alkyl halides is 14. The van der Waals surface area contributed by atoms with Gasteiger partial charge in [0, 0.05) is 5.41 Å². The van der Waals surface area contributed by atoms with Crippen LogP contribution in [0.4, 0.5) is 61.5 Å². The molecule has 14 heteroatoms. The Morgan fingerprint density at radius 2 is 0.615 bits per heavy atom. The van der Waals surface area contributed by atoms with Crippen molar-refractivity contribution >= 4 is 0 Å². The van der Waals surface area contributed by atoms with E-state index in [4.69, 9.17) is 0 Å². The molecule has 2 rings (SSSR count). The smallest absolute Gasteiger partial charge is 0.199 e. The summed E-state index contributed by atoms with van der Waals surface area (Å²) in [6, 6.07) is 0. The molecule has 0 aliphatic heterocycles. The van der Waals surface area contributed by atoms with Crippen molar-refractivity contribution in [2.24, 2.45) is 17.3 Å². The van der Waals surface area contributed by atoms with Crippen molar-refractivity contribution in [2.75, 3.05) is 0 Å². The highest BCUT2D eigenvalue weighted by atomic mass is 19.4. The summed E-state index contributed by atoms with van der Waals surface area (Å²) >= 11 is 0. The molecule has 2 unspecified atom stereocenters. The van der Waals surface area contributed by atoms with Crippen LogP contribution in [0, 0.1) is 17.3 Å². The molecule has 2 saturated carbocycles. The molecule has 0 nitrogen and oxygen atoms in total. The van der Waals surface area contributed by atoms with E-state index in [-0.39, 0.29) is 13.8 Å². The third-order valence-electron chi connectivity index (χ3n) is 5.14. The van der Waals surface area contributed by atoms with Crippen LogP contribution in [0.2, 0.25) is 0 Å². The summed E-state index contributed by atoms with van der Waals surface area (Å²) in [7, 11) is 0. The van der Waals surface area contributed by atoms with Crippen LogP contribution in [0.15, 0.2) is 0 Å². The van der Waals surface area contributed by atoms with Gasteiger partial charge in [-0.05, 0) is 0 Å². The van der Waals surface area contributed by atoms with Gasteiger partial charge in [-0.25, -0.2) is 0 Å². The molecule has 0 amide bonds. The van der Waals surface area contributed by atoms with E-state index in [0.29, 0.717) is 0 Å². The van der Waals surface area contributed by atoms with Crippen LogP contribution >= 0.6 is 0 Å². The lowest BCUT2D eigenvalue weighted by Gasteiger charge is -2.62. The molecule has 26 heavy (non-hydrogen) atoms. The minimum Gasteiger partial charge on any atom is -0.199 e. The van der Waals surface area contributed by atoms with E-state index in [1.54, 1.807) is 0 Å². The van der Waals surface area contributed by atoms with Crippen LogP contribution in [0.3, 0.4) is 0 Å². The Hall–Kier alpha value is -0.980. The van der Waals surface area contributed by atoms with Crippen LogP contribution in [0.1, 0.15) is 13.8 Å². The van der Waals surface area contributed by atoms with E-state index in [9.17, 15) is 61.5 Å². The first kappa shape index (κ1) is 21.3. The second-order valence-corrected chi connectivity index (χ2v) is 6.84. The molecule has 0 aromatic rings. The zero-order valence-electron chi connectivity index (χ0n) is 12.4. The van der Waals surface area contributed by atoms with E-state index < -0.39 is 58.7 Å². The number of rotatable bonds is 0. The van der Waals surface area contributed by atoms with Gasteiger partial charge in [0.05, 0.1) is 5.92 Å². The lowest BCUT2D eigenvalue weighted by Crippen LogP contribution is -2.84. The molecule has 0 saturated heterocycles. The zero-order chi connectivity index (χ0) is 21.2. The number of halogens is 14. The van der Waals surface area contributed by atoms with Gasteiger partial charge in [0.15, 0.2) is 0 Å². The Balaban J connectivity index is 2.99. The first-order chi connectivity index (χ1) is 11.0. The Bertz CT molecular complexity index is 509. The molecule has 0 aromatic heterocycles. The first-order valence-electron chi connectivity index (χ1n) is 6.63. The van der Waals surface area contributed by atoms with Gasteiger partial charge in [-0.15, -0.1) is 0 Å².